The molecular formula is C24H21ClF3N5O2S. The summed E-state index contributed by atoms with van der Waals surface area (Å²) in [5.41, 5.74) is 1.11. The zero-order valence-corrected chi connectivity index (χ0v) is 20.4. The molecule has 36 heavy (non-hydrogen) atoms. The molecular weight excluding hydrogens is 515 g/mol. The van der Waals surface area contributed by atoms with E-state index in [1.54, 1.807) is 6.07 Å². The van der Waals surface area contributed by atoms with E-state index in [9.17, 15) is 18.0 Å². The molecule has 3 heterocycles. The second kappa shape index (κ2) is 11.7. The van der Waals surface area contributed by atoms with Crippen molar-refractivity contribution in [2.24, 2.45) is 0 Å². The Morgan fingerprint density at radius 2 is 2.11 bits per heavy atom. The zero-order chi connectivity index (χ0) is 25.7. The van der Waals surface area contributed by atoms with Crippen LogP contribution in [0.15, 0.2) is 42.2 Å². The van der Waals surface area contributed by atoms with Gasteiger partial charge >= 0.3 is 0 Å². The van der Waals surface area contributed by atoms with Crippen LogP contribution in [0.2, 0.25) is 5.02 Å². The molecule has 0 bridgehead atoms. The van der Waals surface area contributed by atoms with Gasteiger partial charge in [-0.3, -0.25) is 14.7 Å². The van der Waals surface area contributed by atoms with E-state index >= 15 is 0 Å². The van der Waals surface area contributed by atoms with Crippen LogP contribution >= 0.6 is 22.9 Å². The molecule has 1 aromatic carbocycles. The Morgan fingerprint density at radius 1 is 1.33 bits per heavy atom. The van der Waals surface area contributed by atoms with Gasteiger partial charge in [0, 0.05) is 31.9 Å². The number of nitrogens with one attached hydrogen (secondary N) is 1. The van der Waals surface area contributed by atoms with Crippen molar-refractivity contribution in [1.29, 1.82) is 5.26 Å². The van der Waals surface area contributed by atoms with Gasteiger partial charge in [0.1, 0.15) is 29.4 Å². The predicted octanol–water partition coefficient (Wildman–Crippen LogP) is 5.15. The van der Waals surface area contributed by atoms with Crippen LogP contribution in [0, 0.1) is 17.1 Å². The number of rotatable bonds is 8. The molecule has 12 heteroatoms. The number of benzene rings is 1. The molecule has 0 spiro atoms. The van der Waals surface area contributed by atoms with E-state index in [0.717, 1.165) is 17.4 Å². The maximum atomic E-state index is 14.2. The van der Waals surface area contributed by atoms with Gasteiger partial charge in [-0.2, -0.15) is 5.26 Å². The summed E-state index contributed by atoms with van der Waals surface area (Å²) in [6.07, 6.45) is 1.22. The Hall–Kier alpha value is -3.20. The molecule has 2 aromatic heterocycles. The van der Waals surface area contributed by atoms with Crippen molar-refractivity contribution in [3.8, 4) is 11.8 Å². The normalized spacial score (nSPS) is 15.4. The van der Waals surface area contributed by atoms with Crippen LogP contribution in [-0.2, 0) is 0 Å². The molecule has 1 N–H and O–H groups in total. The highest BCUT2D eigenvalue weighted by atomic mass is 35.5. The number of amides is 1. The minimum absolute atomic E-state index is 0.0366. The number of aromatic nitrogens is 2. The van der Waals surface area contributed by atoms with Gasteiger partial charge in [-0.15, -0.1) is 11.3 Å². The van der Waals surface area contributed by atoms with E-state index in [1.165, 1.54) is 30.0 Å². The number of hydrogen-bond donors (Lipinski definition) is 1. The third kappa shape index (κ3) is 5.95. The lowest BCUT2D eigenvalue weighted by molar-refractivity contribution is 0.0701. The van der Waals surface area contributed by atoms with Gasteiger partial charge in [0.25, 0.3) is 12.3 Å². The molecule has 1 fully saturated rings. The number of carbonyl (C=O) groups is 1. The monoisotopic (exact) mass is 535 g/mol. The van der Waals surface area contributed by atoms with Crippen molar-refractivity contribution in [3.05, 3.63) is 74.7 Å². The summed E-state index contributed by atoms with van der Waals surface area (Å²) in [6.45, 7) is 0.959. The Labute approximate surface area is 214 Å². The minimum atomic E-state index is -2.77. The number of alkyl halides is 2. The summed E-state index contributed by atoms with van der Waals surface area (Å²) in [5.74, 6) is -1.01. The van der Waals surface area contributed by atoms with Gasteiger partial charge in [-0.1, -0.05) is 17.7 Å². The molecule has 3 aromatic rings. The van der Waals surface area contributed by atoms with Crippen LogP contribution < -0.4 is 10.1 Å². The van der Waals surface area contributed by atoms with Crippen LogP contribution in [0.5, 0.6) is 5.75 Å². The topological polar surface area (TPSA) is 91.1 Å². The molecule has 1 aliphatic heterocycles. The first-order valence-electron chi connectivity index (χ1n) is 11.1. The predicted molar refractivity (Wildman–Crippen MR) is 128 cm³/mol. The Balaban J connectivity index is 1.47. The van der Waals surface area contributed by atoms with Gasteiger partial charge in [-0.25, -0.2) is 18.2 Å². The fourth-order valence-electron chi connectivity index (χ4n) is 4.10. The van der Waals surface area contributed by atoms with Gasteiger partial charge in [0.2, 0.25) is 0 Å². The number of halogens is 4. The summed E-state index contributed by atoms with van der Waals surface area (Å²) < 4.78 is 47.5. The van der Waals surface area contributed by atoms with Gasteiger partial charge in [0.15, 0.2) is 0 Å². The van der Waals surface area contributed by atoms with Crippen LogP contribution in [-0.4, -0.2) is 46.5 Å². The molecule has 4 rings (SSSR count). The van der Waals surface area contributed by atoms with Crippen LogP contribution in [0.25, 0.3) is 0 Å². The van der Waals surface area contributed by atoms with E-state index in [4.69, 9.17) is 21.6 Å². The number of ether oxygens (including phenoxy) is 1. The van der Waals surface area contributed by atoms with Gasteiger partial charge in [-0.05, 0) is 25.0 Å². The first kappa shape index (κ1) is 25.9. The highest BCUT2D eigenvalue weighted by Gasteiger charge is 2.32. The Bertz CT molecular complexity index is 1240. The maximum absolute atomic E-state index is 14.2. The fraction of sp³-hybridized carbons (Fsp3) is 0.333. The molecule has 1 amide bonds. The van der Waals surface area contributed by atoms with E-state index in [-0.39, 0.29) is 28.9 Å². The third-order valence-corrected chi connectivity index (χ3v) is 7.10. The van der Waals surface area contributed by atoms with Crippen molar-refractivity contribution >= 4 is 28.8 Å². The Morgan fingerprint density at radius 3 is 2.81 bits per heavy atom. The van der Waals surface area contributed by atoms with Crippen molar-refractivity contribution < 1.29 is 22.7 Å². The second-order valence-corrected chi connectivity index (χ2v) is 9.39. The number of hydrogen-bond acceptors (Lipinski definition) is 7. The largest absolute Gasteiger partial charge is 0.489 e. The van der Waals surface area contributed by atoms with Crippen molar-refractivity contribution in [2.45, 2.75) is 31.4 Å². The fourth-order valence-corrected chi connectivity index (χ4v) is 5.28. The van der Waals surface area contributed by atoms with E-state index in [0.29, 0.717) is 42.1 Å². The molecule has 1 saturated heterocycles. The van der Waals surface area contributed by atoms with Crippen LogP contribution in [0.4, 0.5) is 13.2 Å². The minimum Gasteiger partial charge on any atom is -0.489 e. The SMILES string of the molecule is N#Cc1cncc(OC2CCN(C(CNC(=O)c3c(F)cccc3Cl)c3scnc3C(F)F)CC2)c1. The molecule has 7 nitrogen and oxygen atoms in total. The molecule has 1 atom stereocenters. The number of likely N-dealkylation sites (tertiary alicyclic amines) is 1. The smallest absolute Gasteiger partial charge is 0.281 e. The van der Waals surface area contributed by atoms with Crippen molar-refractivity contribution in [3.63, 3.8) is 0 Å². The average Bonchev–Trinajstić information content (AvgIpc) is 3.35. The number of carbonyl (C=O) groups excluding carboxylic acids is 1. The lowest BCUT2D eigenvalue weighted by Gasteiger charge is -2.37. The molecule has 0 aliphatic carbocycles. The van der Waals surface area contributed by atoms with E-state index < -0.39 is 24.2 Å². The van der Waals surface area contributed by atoms with Gasteiger partial charge in [0.05, 0.1) is 38.8 Å². The number of thiazole rings is 1. The van der Waals surface area contributed by atoms with Crippen LogP contribution in [0.3, 0.4) is 0 Å². The lowest BCUT2D eigenvalue weighted by atomic mass is 10.0. The molecule has 0 radical (unpaired) electrons. The molecule has 188 valence electrons. The summed E-state index contributed by atoms with van der Waals surface area (Å²) in [6, 6.07) is 6.95. The summed E-state index contributed by atoms with van der Waals surface area (Å²) in [7, 11) is 0. The maximum Gasteiger partial charge on any atom is 0.281 e. The average molecular weight is 536 g/mol. The van der Waals surface area contributed by atoms with E-state index in [1.807, 2.05) is 11.0 Å². The first-order valence-corrected chi connectivity index (χ1v) is 12.3. The van der Waals surface area contributed by atoms with E-state index in [2.05, 4.69) is 15.3 Å². The first-order chi connectivity index (χ1) is 17.4. The van der Waals surface area contributed by atoms with Crippen molar-refractivity contribution in [1.82, 2.24) is 20.2 Å². The highest BCUT2D eigenvalue weighted by Crippen LogP contribution is 2.35. The summed E-state index contributed by atoms with van der Waals surface area (Å²) in [4.78, 5) is 22.8. The van der Waals surface area contributed by atoms with Crippen molar-refractivity contribution in [2.75, 3.05) is 19.6 Å². The number of pyridine rings is 1. The molecule has 0 saturated carbocycles. The van der Waals surface area contributed by atoms with Gasteiger partial charge < -0.3 is 10.1 Å². The lowest BCUT2D eigenvalue weighted by Crippen LogP contribution is -2.44. The number of nitriles is 1. The third-order valence-electron chi connectivity index (χ3n) is 5.84. The van der Waals surface area contributed by atoms with Crippen LogP contribution in [0.1, 0.15) is 51.8 Å². The summed E-state index contributed by atoms with van der Waals surface area (Å²) >= 11 is 7.09. The molecule has 1 aliphatic rings. The highest BCUT2D eigenvalue weighted by molar-refractivity contribution is 7.09. The molecule has 1 unspecified atom stereocenters. The second-order valence-electron chi connectivity index (χ2n) is 8.10. The Kier molecular flexibility index (Phi) is 8.40. The number of piperidine rings is 1. The quantitative estimate of drug-likeness (QED) is 0.429. The summed E-state index contributed by atoms with van der Waals surface area (Å²) in [5, 5.41) is 11.7. The zero-order valence-electron chi connectivity index (χ0n) is 18.8. The number of nitrogens with zero attached hydrogens (tertiary/aromatic N) is 4. The standard InChI is InChI=1S/C24H21ClF3N5O2S/c25-17-2-1-3-18(26)20(17)24(34)31-12-19(22-21(23(27)28)32-13-36-22)33-6-4-15(5-7-33)35-16-8-14(9-29)10-30-11-16/h1-3,8,10-11,13,15,19,23H,4-7,12H2,(H,31,34).